The molecule has 0 atom stereocenters. The second-order valence-corrected chi connectivity index (χ2v) is 7.72. The minimum atomic E-state index is -0.0122. The molecule has 26 heavy (non-hydrogen) atoms. The predicted octanol–water partition coefficient (Wildman–Crippen LogP) is 4.57. The smallest absolute Gasteiger partial charge is 0.226 e. The number of phenols is 1. The number of carbonyl (C=O) groups excluding carboxylic acids is 1. The van der Waals surface area contributed by atoms with E-state index in [2.05, 4.69) is 26.2 Å². The van der Waals surface area contributed by atoms with E-state index in [1.54, 1.807) is 23.5 Å². The zero-order valence-electron chi connectivity index (χ0n) is 14.1. The summed E-state index contributed by atoms with van der Waals surface area (Å²) in [6.07, 6.45) is 2.02. The quantitative estimate of drug-likeness (QED) is 0.539. The first kappa shape index (κ1) is 18.6. The van der Waals surface area contributed by atoms with Crippen LogP contribution in [-0.4, -0.2) is 22.5 Å². The molecule has 134 valence electrons. The van der Waals surface area contributed by atoms with E-state index in [0.29, 0.717) is 13.0 Å². The Morgan fingerprint density at radius 3 is 2.77 bits per heavy atom. The maximum Gasteiger partial charge on any atom is 0.226 e. The lowest BCUT2D eigenvalue weighted by Gasteiger charge is -2.04. The SMILES string of the molecule is O=C(Cc1csc(-c2cccc(Br)c2)n1)NCCCc1ccc(O)cc1. The van der Waals surface area contributed by atoms with Gasteiger partial charge < -0.3 is 10.4 Å². The molecule has 2 aromatic carbocycles. The number of hydrogen-bond acceptors (Lipinski definition) is 4. The summed E-state index contributed by atoms with van der Waals surface area (Å²) in [5.74, 6) is 0.259. The van der Waals surface area contributed by atoms with E-state index in [1.165, 1.54) is 0 Å². The Kier molecular flexibility index (Phi) is 6.41. The van der Waals surface area contributed by atoms with Crippen molar-refractivity contribution in [2.24, 2.45) is 0 Å². The highest BCUT2D eigenvalue weighted by molar-refractivity contribution is 9.10. The van der Waals surface area contributed by atoms with Gasteiger partial charge in [-0.2, -0.15) is 0 Å². The number of nitrogens with one attached hydrogen (secondary N) is 1. The van der Waals surface area contributed by atoms with Gasteiger partial charge in [-0.3, -0.25) is 4.79 Å². The highest BCUT2D eigenvalue weighted by atomic mass is 79.9. The van der Waals surface area contributed by atoms with Gasteiger partial charge in [0.25, 0.3) is 0 Å². The van der Waals surface area contributed by atoms with Crippen LogP contribution in [0.2, 0.25) is 0 Å². The van der Waals surface area contributed by atoms with E-state index >= 15 is 0 Å². The fraction of sp³-hybridized carbons (Fsp3) is 0.200. The van der Waals surface area contributed by atoms with Gasteiger partial charge in [-0.15, -0.1) is 11.3 Å². The van der Waals surface area contributed by atoms with Crippen LogP contribution in [0.1, 0.15) is 17.7 Å². The summed E-state index contributed by atoms with van der Waals surface area (Å²) in [5.41, 5.74) is 2.99. The molecule has 1 amide bonds. The molecule has 4 nitrogen and oxygen atoms in total. The topological polar surface area (TPSA) is 62.2 Å². The maximum atomic E-state index is 12.1. The molecule has 0 aliphatic carbocycles. The molecule has 6 heteroatoms. The Hall–Kier alpha value is -2.18. The summed E-state index contributed by atoms with van der Waals surface area (Å²) in [6.45, 7) is 0.627. The molecule has 0 unspecified atom stereocenters. The number of carbonyl (C=O) groups is 1. The van der Waals surface area contributed by atoms with Crippen molar-refractivity contribution in [3.63, 3.8) is 0 Å². The number of aryl methyl sites for hydroxylation is 1. The molecule has 1 aromatic heterocycles. The number of aromatic hydroxyl groups is 1. The number of benzene rings is 2. The first-order chi connectivity index (χ1) is 12.6. The summed E-state index contributed by atoms with van der Waals surface area (Å²) in [5, 5.41) is 15.1. The second-order valence-electron chi connectivity index (χ2n) is 5.95. The van der Waals surface area contributed by atoms with E-state index < -0.39 is 0 Å². The van der Waals surface area contributed by atoms with Crippen LogP contribution in [0.15, 0.2) is 58.4 Å². The number of hydrogen-bond donors (Lipinski definition) is 2. The minimum absolute atomic E-state index is 0.0122. The molecular weight excluding hydrogens is 412 g/mol. The largest absolute Gasteiger partial charge is 0.508 e. The van der Waals surface area contributed by atoms with Crippen molar-refractivity contribution < 1.29 is 9.90 Å². The number of amides is 1. The van der Waals surface area contributed by atoms with E-state index in [0.717, 1.165) is 39.1 Å². The highest BCUT2D eigenvalue weighted by Crippen LogP contribution is 2.26. The molecule has 3 rings (SSSR count). The van der Waals surface area contributed by atoms with Crippen LogP contribution in [0.4, 0.5) is 0 Å². The Morgan fingerprint density at radius 2 is 2.00 bits per heavy atom. The Balaban J connectivity index is 1.44. The minimum Gasteiger partial charge on any atom is -0.508 e. The van der Waals surface area contributed by atoms with Gasteiger partial charge in [0.1, 0.15) is 10.8 Å². The highest BCUT2D eigenvalue weighted by Gasteiger charge is 2.09. The lowest BCUT2D eigenvalue weighted by molar-refractivity contribution is -0.120. The zero-order chi connectivity index (χ0) is 18.4. The molecule has 0 aliphatic heterocycles. The average molecular weight is 431 g/mol. The number of rotatable bonds is 7. The van der Waals surface area contributed by atoms with Gasteiger partial charge in [0.2, 0.25) is 5.91 Å². The van der Waals surface area contributed by atoms with Crippen LogP contribution in [0.5, 0.6) is 5.75 Å². The standard InChI is InChI=1S/C20H19BrN2O2S/c21-16-5-1-4-15(11-16)20-23-17(13-26-20)12-19(25)22-10-2-3-14-6-8-18(24)9-7-14/h1,4-9,11,13,24H,2-3,10,12H2,(H,22,25). The van der Waals surface area contributed by atoms with Crippen LogP contribution < -0.4 is 5.32 Å². The van der Waals surface area contributed by atoms with Crippen molar-refractivity contribution in [2.45, 2.75) is 19.3 Å². The molecular formula is C20H19BrN2O2S. The van der Waals surface area contributed by atoms with E-state index in [1.807, 2.05) is 41.8 Å². The third-order valence-electron chi connectivity index (χ3n) is 3.87. The zero-order valence-corrected chi connectivity index (χ0v) is 16.5. The lowest BCUT2D eigenvalue weighted by atomic mass is 10.1. The predicted molar refractivity (Wildman–Crippen MR) is 108 cm³/mol. The fourth-order valence-electron chi connectivity index (χ4n) is 2.55. The number of halogens is 1. The summed E-state index contributed by atoms with van der Waals surface area (Å²) >= 11 is 5.01. The number of phenolic OH excluding ortho intramolecular Hbond substituents is 1. The average Bonchev–Trinajstić information content (AvgIpc) is 3.09. The van der Waals surface area contributed by atoms with Gasteiger partial charge in [-0.1, -0.05) is 40.2 Å². The van der Waals surface area contributed by atoms with Crippen molar-refractivity contribution in [3.05, 3.63) is 69.6 Å². The van der Waals surface area contributed by atoms with Crippen molar-refractivity contribution in [1.29, 1.82) is 0 Å². The first-order valence-corrected chi connectivity index (χ1v) is 10.0. The van der Waals surface area contributed by atoms with E-state index in [-0.39, 0.29) is 11.7 Å². The van der Waals surface area contributed by atoms with Gasteiger partial charge in [0.15, 0.2) is 0 Å². The van der Waals surface area contributed by atoms with Crippen LogP contribution in [0.3, 0.4) is 0 Å². The Bertz CT molecular complexity index is 878. The molecule has 0 saturated heterocycles. The van der Waals surface area contributed by atoms with Gasteiger partial charge >= 0.3 is 0 Å². The fourth-order valence-corrected chi connectivity index (χ4v) is 3.77. The van der Waals surface area contributed by atoms with Crippen LogP contribution in [0, 0.1) is 0 Å². The van der Waals surface area contributed by atoms with Gasteiger partial charge in [0.05, 0.1) is 12.1 Å². The van der Waals surface area contributed by atoms with Gasteiger partial charge in [0, 0.05) is 22.0 Å². The molecule has 0 radical (unpaired) electrons. The van der Waals surface area contributed by atoms with Gasteiger partial charge in [-0.05, 0) is 42.7 Å². The van der Waals surface area contributed by atoms with Gasteiger partial charge in [-0.25, -0.2) is 4.98 Å². The monoisotopic (exact) mass is 430 g/mol. The van der Waals surface area contributed by atoms with Crippen molar-refractivity contribution in [3.8, 4) is 16.3 Å². The van der Waals surface area contributed by atoms with Crippen molar-refractivity contribution in [1.82, 2.24) is 10.3 Å². The molecule has 1 heterocycles. The summed E-state index contributed by atoms with van der Waals surface area (Å²) in [6, 6.07) is 15.1. The Labute approximate surface area is 165 Å². The van der Waals surface area contributed by atoms with Crippen LogP contribution in [0.25, 0.3) is 10.6 Å². The third-order valence-corrected chi connectivity index (χ3v) is 5.30. The summed E-state index contributed by atoms with van der Waals surface area (Å²) in [4.78, 5) is 16.6. The van der Waals surface area contributed by atoms with Crippen LogP contribution in [-0.2, 0) is 17.6 Å². The Morgan fingerprint density at radius 1 is 1.19 bits per heavy atom. The molecule has 0 saturated carbocycles. The van der Waals surface area contributed by atoms with Crippen molar-refractivity contribution >= 4 is 33.2 Å². The molecule has 0 spiro atoms. The number of nitrogens with zero attached hydrogens (tertiary/aromatic N) is 1. The summed E-state index contributed by atoms with van der Waals surface area (Å²) in [7, 11) is 0. The number of thiazole rings is 1. The van der Waals surface area contributed by atoms with E-state index in [4.69, 9.17) is 0 Å². The van der Waals surface area contributed by atoms with Crippen LogP contribution >= 0.6 is 27.3 Å². The van der Waals surface area contributed by atoms with Crippen molar-refractivity contribution in [2.75, 3.05) is 6.54 Å². The molecule has 3 aromatic rings. The number of aromatic nitrogens is 1. The normalized spacial score (nSPS) is 10.7. The summed E-state index contributed by atoms with van der Waals surface area (Å²) < 4.78 is 1.01. The first-order valence-electron chi connectivity index (χ1n) is 8.35. The lowest BCUT2D eigenvalue weighted by Crippen LogP contribution is -2.26. The molecule has 0 aliphatic rings. The second kappa shape index (κ2) is 8.96. The molecule has 0 fully saturated rings. The maximum absolute atomic E-state index is 12.1. The third kappa shape index (κ3) is 5.41. The molecule has 0 bridgehead atoms. The molecule has 2 N–H and O–H groups in total. The van der Waals surface area contributed by atoms with E-state index in [9.17, 15) is 9.90 Å².